The van der Waals surface area contributed by atoms with Crippen LogP contribution in [-0.4, -0.2) is 29.2 Å². The summed E-state index contributed by atoms with van der Waals surface area (Å²) < 4.78 is 50.2. The smallest absolute Gasteiger partial charge is 0.416 e. The molecule has 0 aromatic heterocycles. The number of hydrogen-bond donors (Lipinski definition) is 0. The van der Waals surface area contributed by atoms with Gasteiger partial charge in [0, 0.05) is 24.9 Å². The highest BCUT2D eigenvalue weighted by Crippen LogP contribution is 2.48. The molecule has 0 saturated carbocycles. The second-order valence-electron chi connectivity index (χ2n) is 7.32. The summed E-state index contributed by atoms with van der Waals surface area (Å²) in [6, 6.07) is 1.39. The number of halogens is 4. The molecule has 25 heavy (non-hydrogen) atoms. The third-order valence-electron chi connectivity index (χ3n) is 4.23. The number of carbonyl (C=O) groups excluding carboxylic acids is 1. The third-order valence-corrected chi connectivity index (χ3v) is 4.54. The molecule has 1 saturated heterocycles. The van der Waals surface area contributed by atoms with E-state index >= 15 is 0 Å². The molecule has 4 nitrogen and oxygen atoms in total. The Kier molecular flexibility index (Phi) is 4.34. The average molecular weight is 378 g/mol. The Bertz CT molecular complexity index is 700. The van der Waals surface area contributed by atoms with Gasteiger partial charge in [0.1, 0.15) is 17.5 Å². The van der Waals surface area contributed by atoms with E-state index in [1.807, 2.05) is 0 Å². The van der Waals surface area contributed by atoms with Gasteiger partial charge >= 0.3 is 12.3 Å². The van der Waals surface area contributed by atoms with Gasteiger partial charge in [-0.1, -0.05) is 11.6 Å². The number of amides is 1. The van der Waals surface area contributed by atoms with Crippen molar-refractivity contribution in [1.29, 1.82) is 0 Å². The van der Waals surface area contributed by atoms with E-state index in [2.05, 4.69) is 0 Å². The Balaban J connectivity index is 1.98. The van der Waals surface area contributed by atoms with Crippen LogP contribution in [0.25, 0.3) is 0 Å². The van der Waals surface area contributed by atoms with E-state index in [-0.39, 0.29) is 16.9 Å². The number of hydrogen-bond acceptors (Lipinski definition) is 3. The highest BCUT2D eigenvalue weighted by molar-refractivity contribution is 6.31. The average Bonchev–Trinajstić information content (AvgIpc) is 2.43. The van der Waals surface area contributed by atoms with Crippen LogP contribution in [0.4, 0.5) is 18.0 Å². The van der Waals surface area contributed by atoms with Gasteiger partial charge in [-0.2, -0.15) is 13.2 Å². The SMILES string of the molecule is CC(C)(C)OC(=O)N1CC[C@H]2C[C@@H]1c1c(Cl)cc(C(F)(F)F)cc1O2. The highest BCUT2D eigenvalue weighted by Gasteiger charge is 2.43. The van der Waals surface area contributed by atoms with Gasteiger partial charge in [-0.3, -0.25) is 0 Å². The molecule has 0 N–H and O–H groups in total. The molecule has 0 unspecified atom stereocenters. The molecule has 3 rings (SSSR count). The number of benzene rings is 1. The Morgan fingerprint density at radius 1 is 1.32 bits per heavy atom. The fourth-order valence-corrected chi connectivity index (χ4v) is 3.55. The second-order valence-corrected chi connectivity index (χ2v) is 7.73. The minimum Gasteiger partial charge on any atom is -0.490 e. The zero-order valence-corrected chi connectivity index (χ0v) is 14.9. The quantitative estimate of drug-likeness (QED) is 0.624. The van der Waals surface area contributed by atoms with Gasteiger partial charge in [-0.05, 0) is 32.9 Å². The zero-order chi connectivity index (χ0) is 18.6. The van der Waals surface area contributed by atoms with Crippen LogP contribution < -0.4 is 4.74 Å². The van der Waals surface area contributed by atoms with Gasteiger partial charge in [-0.25, -0.2) is 4.79 Å². The topological polar surface area (TPSA) is 38.8 Å². The molecular weight excluding hydrogens is 359 g/mol. The zero-order valence-electron chi connectivity index (χ0n) is 14.1. The number of ether oxygens (including phenoxy) is 2. The van der Waals surface area contributed by atoms with E-state index in [9.17, 15) is 18.0 Å². The molecule has 2 atom stereocenters. The van der Waals surface area contributed by atoms with Crippen molar-refractivity contribution in [3.05, 3.63) is 28.3 Å². The maximum atomic E-state index is 13.0. The predicted octanol–water partition coefficient (Wildman–Crippen LogP) is 5.19. The maximum absolute atomic E-state index is 13.0. The molecule has 0 spiro atoms. The summed E-state index contributed by atoms with van der Waals surface area (Å²) in [4.78, 5) is 14.0. The molecule has 2 heterocycles. The van der Waals surface area contributed by atoms with Gasteiger partial charge in [0.25, 0.3) is 0 Å². The number of fused-ring (bicyclic) bond motifs is 4. The van der Waals surface area contributed by atoms with E-state index in [0.717, 1.165) is 12.1 Å². The van der Waals surface area contributed by atoms with Gasteiger partial charge in [0.05, 0.1) is 16.6 Å². The van der Waals surface area contributed by atoms with Crippen LogP contribution in [-0.2, 0) is 10.9 Å². The summed E-state index contributed by atoms with van der Waals surface area (Å²) in [5.74, 6) is 0.0920. The lowest BCUT2D eigenvalue weighted by molar-refractivity contribution is -0.137. The molecule has 1 fully saturated rings. The van der Waals surface area contributed by atoms with Crippen molar-refractivity contribution >= 4 is 17.7 Å². The fourth-order valence-electron chi connectivity index (χ4n) is 3.21. The van der Waals surface area contributed by atoms with Crippen molar-refractivity contribution in [1.82, 2.24) is 4.90 Å². The standard InChI is InChI=1S/C17H19ClF3NO3/c1-16(2,3)25-15(23)22-5-4-10-8-12(22)14-11(18)6-9(17(19,20)21)7-13(14)24-10/h6-7,10,12H,4-5,8H2,1-3H3/t10-,12+/m0/s1. The summed E-state index contributed by atoms with van der Waals surface area (Å²) in [7, 11) is 0. The minimum absolute atomic E-state index is 0.0521. The number of alkyl halides is 3. The van der Waals surface area contributed by atoms with Gasteiger partial charge < -0.3 is 14.4 Å². The van der Waals surface area contributed by atoms with Crippen molar-refractivity contribution < 1.29 is 27.4 Å². The molecule has 0 aliphatic carbocycles. The molecule has 2 aliphatic rings. The lowest BCUT2D eigenvalue weighted by Gasteiger charge is -2.44. The van der Waals surface area contributed by atoms with E-state index in [4.69, 9.17) is 21.1 Å². The Morgan fingerprint density at radius 2 is 2.00 bits per heavy atom. The summed E-state index contributed by atoms with van der Waals surface area (Å²) in [5, 5.41) is -0.0521. The van der Waals surface area contributed by atoms with Crippen molar-refractivity contribution in [2.24, 2.45) is 0 Å². The van der Waals surface area contributed by atoms with Crippen molar-refractivity contribution in [2.45, 2.75) is 57.5 Å². The third kappa shape index (κ3) is 3.66. The monoisotopic (exact) mass is 377 g/mol. The number of likely N-dealkylation sites (tertiary alicyclic amines) is 1. The Labute approximate surface area is 148 Å². The second kappa shape index (κ2) is 5.97. The van der Waals surface area contributed by atoms with Crippen LogP contribution >= 0.6 is 11.6 Å². The highest BCUT2D eigenvalue weighted by atomic mass is 35.5. The molecule has 2 bridgehead atoms. The summed E-state index contributed by atoms with van der Waals surface area (Å²) in [6.45, 7) is 5.69. The first-order valence-electron chi connectivity index (χ1n) is 8.02. The van der Waals surface area contributed by atoms with Crippen molar-refractivity contribution in [3.63, 3.8) is 0 Å². The first kappa shape index (κ1) is 18.2. The molecule has 1 aromatic carbocycles. The molecule has 1 amide bonds. The number of carbonyl (C=O) groups is 1. The Morgan fingerprint density at radius 3 is 2.60 bits per heavy atom. The Hall–Kier alpha value is -1.63. The van der Waals surface area contributed by atoms with Crippen LogP contribution in [0.1, 0.15) is 50.8 Å². The summed E-state index contributed by atoms with van der Waals surface area (Å²) in [6.07, 6.45) is -4.24. The lowest BCUT2D eigenvalue weighted by Crippen LogP contribution is -2.48. The molecule has 1 aromatic rings. The first-order chi connectivity index (χ1) is 11.5. The van der Waals surface area contributed by atoms with Crippen LogP contribution in [0, 0.1) is 0 Å². The fraction of sp³-hybridized carbons (Fsp3) is 0.588. The molecule has 0 radical (unpaired) electrons. The number of nitrogens with zero attached hydrogens (tertiary/aromatic N) is 1. The van der Waals surface area contributed by atoms with E-state index in [1.165, 1.54) is 4.90 Å². The lowest BCUT2D eigenvalue weighted by atomic mass is 9.89. The molecular formula is C17H19ClF3NO3. The molecule has 8 heteroatoms. The van der Waals surface area contributed by atoms with Crippen molar-refractivity contribution in [3.8, 4) is 5.75 Å². The maximum Gasteiger partial charge on any atom is 0.416 e. The first-order valence-corrected chi connectivity index (χ1v) is 8.40. The van der Waals surface area contributed by atoms with E-state index < -0.39 is 29.5 Å². The van der Waals surface area contributed by atoms with Crippen molar-refractivity contribution in [2.75, 3.05) is 6.54 Å². The summed E-state index contributed by atoms with van der Waals surface area (Å²) in [5.41, 5.74) is -1.11. The minimum atomic E-state index is -4.51. The van der Waals surface area contributed by atoms with Crippen LogP contribution in [0.3, 0.4) is 0 Å². The number of piperidine rings is 1. The van der Waals surface area contributed by atoms with Crippen LogP contribution in [0.5, 0.6) is 5.75 Å². The van der Waals surface area contributed by atoms with Crippen LogP contribution in [0.15, 0.2) is 12.1 Å². The van der Waals surface area contributed by atoms with Gasteiger partial charge in [0.2, 0.25) is 0 Å². The van der Waals surface area contributed by atoms with Gasteiger partial charge in [-0.15, -0.1) is 0 Å². The molecule has 2 aliphatic heterocycles. The van der Waals surface area contributed by atoms with E-state index in [0.29, 0.717) is 24.9 Å². The predicted molar refractivity (Wildman–Crippen MR) is 85.8 cm³/mol. The van der Waals surface area contributed by atoms with E-state index in [1.54, 1.807) is 20.8 Å². The largest absolute Gasteiger partial charge is 0.490 e. The normalized spacial score (nSPS) is 22.9. The van der Waals surface area contributed by atoms with Gasteiger partial charge in [0.15, 0.2) is 0 Å². The van der Waals surface area contributed by atoms with Crippen LogP contribution in [0.2, 0.25) is 5.02 Å². The number of rotatable bonds is 0. The molecule has 138 valence electrons. The summed E-state index contributed by atoms with van der Waals surface area (Å²) >= 11 is 6.14.